The third-order valence-corrected chi connectivity index (χ3v) is 4.41. The van der Waals surface area contributed by atoms with E-state index in [4.69, 9.17) is 10.5 Å². The number of morpholine rings is 1. The molecule has 3 unspecified atom stereocenters. The van der Waals surface area contributed by atoms with E-state index in [-0.39, 0.29) is 0 Å². The lowest BCUT2D eigenvalue weighted by molar-refractivity contribution is -0.102. The molecule has 1 saturated heterocycles. The maximum absolute atomic E-state index is 5.98. The Morgan fingerprint density at radius 1 is 1.35 bits per heavy atom. The smallest absolute Gasteiger partial charge is 0.0731 e. The zero-order valence-electron chi connectivity index (χ0n) is 11.2. The van der Waals surface area contributed by atoms with Gasteiger partial charge in [0.05, 0.1) is 12.7 Å². The van der Waals surface area contributed by atoms with Crippen LogP contribution in [0.2, 0.25) is 0 Å². The number of hydrogen-bond acceptors (Lipinski definition) is 3. The molecular weight excluding hydrogens is 212 g/mol. The second-order valence-corrected chi connectivity index (χ2v) is 5.53. The number of hydrogen-bond donors (Lipinski definition) is 1. The van der Waals surface area contributed by atoms with Crippen LogP contribution in [-0.4, -0.2) is 42.8 Å². The summed E-state index contributed by atoms with van der Waals surface area (Å²) in [5.41, 5.74) is 5.98. The topological polar surface area (TPSA) is 38.5 Å². The second kappa shape index (κ2) is 6.72. The molecule has 0 aromatic rings. The maximum Gasteiger partial charge on any atom is 0.0731 e. The highest BCUT2D eigenvalue weighted by Gasteiger charge is 2.36. The molecule has 100 valence electrons. The summed E-state index contributed by atoms with van der Waals surface area (Å²) in [4.78, 5) is 2.67. The molecule has 0 bridgehead atoms. The normalized spacial score (nSPS) is 32.1. The summed E-state index contributed by atoms with van der Waals surface area (Å²) < 4.78 is 5.93. The Morgan fingerprint density at radius 2 is 2.18 bits per heavy atom. The minimum Gasteiger partial charge on any atom is -0.375 e. The third kappa shape index (κ3) is 3.21. The Hall–Kier alpha value is -0.120. The molecule has 0 radical (unpaired) electrons. The van der Waals surface area contributed by atoms with Crippen molar-refractivity contribution >= 4 is 0 Å². The lowest BCUT2D eigenvalue weighted by Crippen LogP contribution is -2.57. The van der Waals surface area contributed by atoms with Crippen LogP contribution < -0.4 is 5.73 Å². The summed E-state index contributed by atoms with van der Waals surface area (Å²) in [6.07, 6.45) is 9.61. The van der Waals surface area contributed by atoms with Crippen molar-refractivity contribution in [1.82, 2.24) is 4.90 Å². The van der Waals surface area contributed by atoms with Gasteiger partial charge in [0.2, 0.25) is 0 Å². The lowest BCUT2D eigenvalue weighted by Gasteiger charge is -2.47. The van der Waals surface area contributed by atoms with Gasteiger partial charge in [-0.3, -0.25) is 4.90 Å². The second-order valence-electron chi connectivity index (χ2n) is 5.53. The van der Waals surface area contributed by atoms with E-state index in [2.05, 4.69) is 11.8 Å². The van der Waals surface area contributed by atoms with Crippen LogP contribution in [0.15, 0.2) is 0 Å². The third-order valence-electron chi connectivity index (χ3n) is 4.41. The first-order valence-electron chi connectivity index (χ1n) is 7.44. The van der Waals surface area contributed by atoms with Crippen molar-refractivity contribution in [2.75, 3.05) is 19.7 Å². The van der Waals surface area contributed by atoms with E-state index in [0.717, 1.165) is 19.7 Å². The Morgan fingerprint density at radius 3 is 2.94 bits per heavy atom. The van der Waals surface area contributed by atoms with Gasteiger partial charge in [-0.2, -0.15) is 0 Å². The van der Waals surface area contributed by atoms with Crippen molar-refractivity contribution in [2.24, 2.45) is 5.73 Å². The van der Waals surface area contributed by atoms with E-state index in [1.807, 2.05) is 0 Å². The van der Waals surface area contributed by atoms with E-state index in [1.165, 1.54) is 44.9 Å². The Balaban J connectivity index is 1.95. The molecule has 0 spiro atoms. The van der Waals surface area contributed by atoms with Crippen molar-refractivity contribution in [3.8, 4) is 0 Å². The van der Waals surface area contributed by atoms with Gasteiger partial charge < -0.3 is 10.5 Å². The molecule has 2 N–H and O–H groups in total. The minimum absolute atomic E-state index is 0.494. The summed E-state index contributed by atoms with van der Waals surface area (Å²) in [7, 11) is 0. The predicted molar refractivity (Wildman–Crippen MR) is 71.1 cm³/mol. The fourth-order valence-corrected chi connectivity index (χ4v) is 3.44. The van der Waals surface area contributed by atoms with Gasteiger partial charge in [-0.25, -0.2) is 0 Å². The Kier molecular flexibility index (Phi) is 5.26. The monoisotopic (exact) mass is 240 g/mol. The SMILES string of the molecule is CCCCC(CN)N1CCOC2CCCCC21. The number of nitrogens with two attached hydrogens (primary N) is 1. The highest BCUT2D eigenvalue weighted by molar-refractivity contribution is 4.90. The van der Waals surface area contributed by atoms with Crippen molar-refractivity contribution in [1.29, 1.82) is 0 Å². The van der Waals surface area contributed by atoms with Gasteiger partial charge >= 0.3 is 0 Å². The van der Waals surface area contributed by atoms with E-state index >= 15 is 0 Å². The number of fused-ring (bicyclic) bond motifs is 1. The van der Waals surface area contributed by atoms with Crippen LogP contribution in [0.5, 0.6) is 0 Å². The number of nitrogens with zero attached hydrogens (tertiary/aromatic N) is 1. The number of rotatable bonds is 5. The summed E-state index contributed by atoms with van der Waals surface area (Å²) in [5.74, 6) is 0. The molecule has 17 heavy (non-hydrogen) atoms. The van der Waals surface area contributed by atoms with Gasteiger partial charge in [0.25, 0.3) is 0 Å². The minimum atomic E-state index is 0.494. The van der Waals surface area contributed by atoms with Gasteiger partial charge in [0, 0.05) is 25.2 Å². The molecule has 0 aromatic carbocycles. The lowest BCUT2D eigenvalue weighted by atomic mass is 9.88. The molecule has 0 amide bonds. The summed E-state index contributed by atoms with van der Waals surface area (Å²) >= 11 is 0. The van der Waals surface area contributed by atoms with Gasteiger partial charge in [0.1, 0.15) is 0 Å². The summed E-state index contributed by atoms with van der Waals surface area (Å²) in [6.45, 7) is 5.07. The predicted octanol–water partition coefficient (Wildman–Crippen LogP) is 2.15. The molecule has 3 heteroatoms. The van der Waals surface area contributed by atoms with Gasteiger partial charge in [-0.1, -0.05) is 32.6 Å². The number of unbranched alkanes of at least 4 members (excludes halogenated alkanes) is 1. The highest BCUT2D eigenvalue weighted by atomic mass is 16.5. The van der Waals surface area contributed by atoms with Crippen LogP contribution in [0.4, 0.5) is 0 Å². The Labute approximate surface area is 106 Å². The average Bonchev–Trinajstić information content (AvgIpc) is 2.40. The molecule has 3 atom stereocenters. The first-order chi connectivity index (χ1) is 8.36. The zero-order valence-corrected chi connectivity index (χ0v) is 11.2. The van der Waals surface area contributed by atoms with Crippen LogP contribution in [0.1, 0.15) is 51.9 Å². The average molecular weight is 240 g/mol. The molecule has 2 aliphatic rings. The standard InChI is InChI=1S/C14H28N2O/c1-2-3-6-12(11-15)16-9-10-17-14-8-5-4-7-13(14)16/h12-14H,2-11,15H2,1H3. The van der Waals surface area contributed by atoms with Crippen molar-refractivity contribution < 1.29 is 4.74 Å². The first-order valence-corrected chi connectivity index (χ1v) is 7.44. The molecule has 0 aromatic heterocycles. The molecule has 1 saturated carbocycles. The van der Waals surface area contributed by atoms with Crippen molar-refractivity contribution in [3.63, 3.8) is 0 Å². The molecule has 3 nitrogen and oxygen atoms in total. The summed E-state index contributed by atoms with van der Waals surface area (Å²) in [5, 5.41) is 0. The largest absolute Gasteiger partial charge is 0.375 e. The fraction of sp³-hybridized carbons (Fsp3) is 1.00. The van der Waals surface area contributed by atoms with Crippen LogP contribution in [0.3, 0.4) is 0 Å². The van der Waals surface area contributed by atoms with Crippen LogP contribution in [0.25, 0.3) is 0 Å². The van der Waals surface area contributed by atoms with E-state index < -0.39 is 0 Å². The van der Waals surface area contributed by atoms with Crippen molar-refractivity contribution in [2.45, 2.75) is 70.1 Å². The number of ether oxygens (including phenoxy) is 1. The van der Waals surface area contributed by atoms with Crippen LogP contribution >= 0.6 is 0 Å². The highest BCUT2D eigenvalue weighted by Crippen LogP contribution is 2.30. The first kappa shape index (κ1) is 13.3. The molecule has 1 heterocycles. The van der Waals surface area contributed by atoms with Gasteiger partial charge in [-0.15, -0.1) is 0 Å². The van der Waals surface area contributed by atoms with E-state index in [1.54, 1.807) is 0 Å². The zero-order chi connectivity index (χ0) is 12.1. The molecule has 2 rings (SSSR count). The Bertz CT molecular complexity index is 220. The fourth-order valence-electron chi connectivity index (χ4n) is 3.44. The van der Waals surface area contributed by atoms with Crippen molar-refractivity contribution in [3.05, 3.63) is 0 Å². The van der Waals surface area contributed by atoms with Gasteiger partial charge in [-0.05, 0) is 19.3 Å². The van der Waals surface area contributed by atoms with Gasteiger partial charge in [0.15, 0.2) is 0 Å². The molecular formula is C14H28N2O. The van der Waals surface area contributed by atoms with E-state index in [9.17, 15) is 0 Å². The maximum atomic E-state index is 5.98. The van der Waals surface area contributed by atoms with Crippen LogP contribution in [-0.2, 0) is 4.74 Å². The quantitative estimate of drug-likeness (QED) is 0.800. The molecule has 1 aliphatic heterocycles. The molecule has 1 aliphatic carbocycles. The van der Waals surface area contributed by atoms with E-state index in [0.29, 0.717) is 18.2 Å². The molecule has 2 fully saturated rings. The van der Waals surface area contributed by atoms with Crippen LogP contribution in [0, 0.1) is 0 Å². The summed E-state index contributed by atoms with van der Waals surface area (Å²) in [6, 6.07) is 1.24.